The lowest BCUT2D eigenvalue weighted by Crippen LogP contribution is -2.39. The normalized spacial score (nSPS) is 10.3. The summed E-state index contributed by atoms with van der Waals surface area (Å²) < 4.78 is 7.68. The number of methoxy groups -OCH3 is 1. The van der Waals surface area contributed by atoms with Gasteiger partial charge in [0.25, 0.3) is 0 Å². The molecule has 5 nitrogen and oxygen atoms in total. The molecule has 20 heavy (non-hydrogen) atoms. The van der Waals surface area contributed by atoms with Crippen molar-refractivity contribution in [2.45, 2.75) is 6.54 Å². The zero-order valence-corrected chi connectivity index (χ0v) is 11.6. The van der Waals surface area contributed by atoms with Gasteiger partial charge < -0.3 is 9.30 Å². The standard InChI is InChI=1S/C14H13ClN2O3/c1-3-6-16-7-8-17(14(19)13(16)18)11-9-10(15)4-5-12(11)20-2/h3-5,7-9H,1,6H2,2H3. The first kappa shape index (κ1) is 14.1. The van der Waals surface area contributed by atoms with E-state index in [0.717, 1.165) is 0 Å². The van der Waals surface area contributed by atoms with Crippen LogP contribution in [0.15, 0.2) is 52.8 Å². The van der Waals surface area contributed by atoms with Crippen molar-refractivity contribution in [1.82, 2.24) is 9.13 Å². The summed E-state index contributed by atoms with van der Waals surface area (Å²) in [4.78, 5) is 24.1. The molecule has 2 rings (SSSR count). The molecular weight excluding hydrogens is 280 g/mol. The van der Waals surface area contributed by atoms with Crippen molar-refractivity contribution in [3.63, 3.8) is 0 Å². The van der Waals surface area contributed by atoms with E-state index < -0.39 is 11.1 Å². The molecule has 0 aliphatic rings. The molecule has 1 aromatic heterocycles. The maximum Gasteiger partial charge on any atom is 0.321 e. The number of allylic oxidation sites excluding steroid dienone is 1. The molecule has 0 aliphatic heterocycles. The molecule has 0 bridgehead atoms. The minimum Gasteiger partial charge on any atom is -0.495 e. The quantitative estimate of drug-likeness (QED) is 0.638. The van der Waals surface area contributed by atoms with E-state index in [1.165, 1.54) is 28.6 Å². The third-order valence-electron chi connectivity index (χ3n) is 2.78. The van der Waals surface area contributed by atoms with E-state index in [9.17, 15) is 9.59 Å². The summed E-state index contributed by atoms with van der Waals surface area (Å²) in [5.41, 5.74) is -0.878. The summed E-state index contributed by atoms with van der Waals surface area (Å²) in [5.74, 6) is 0.456. The first-order valence-electron chi connectivity index (χ1n) is 5.85. The highest BCUT2D eigenvalue weighted by Crippen LogP contribution is 2.24. The van der Waals surface area contributed by atoms with Crippen molar-refractivity contribution in [2.24, 2.45) is 0 Å². The van der Waals surface area contributed by atoms with Crippen LogP contribution in [0.5, 0.6) is 5.75 Å². The Bertz CT molecular complexity index is 762. The lowest BCUT2D eigenvalue weighted by Gasteiger charge is -2.12. The lowest BCUT2D eigenvalue weighted by atomic mass is 10.3. The number of rotatable bonds is 4. The van der Waals surface area contributed by atoms with Gasteiger partial charge in [0.05, 0.1) is 12.8 Å². The number of benzene rings is 1. The van der Waals surface area contributed by atoms with E-state index in [2.05, 4.69) is 6.58 Å². The molecule has 0 unspecified atom stereocenters. The molecule has 0 spiro atoms. The Morgan fingerprint density at radius 2 is 2.05 bits per heavy atom. The number of ether oxygens (including phenoxy) is 1. The maximum absolute atomic E-state index is 12.1. The fourth-order valence-electron chi connectivity index (χ4n) is 1.83. The summed E-state index contributed by atoms with van der Waals surface area (Å²) in [6.45, 7) is 3.82. The van der Waals surface area contributed by atoms with Crippen LogP contribution in [0.2, 0.25) is 5.02 Å². The average Bonchev–Trinajstić information content (AvgIpc) is 2.44. The first-order chi connectivity index (χ1) is 9.58. The number of aromatic nitrogens is 2. The van der Waals surface area contributed by atoms with Gasteiger partial charge in [-0.3, -0.25) is 14.2 Å². The molecule has 1 heterocycles. The van der Waals surface area contributed by atoms with Crippen LogP contribution in [-0.4, -0.2) is 16.2 Å². The number of hydrogen-bond acceptors (Lipinski definition) is 3. The predicted octanol–water partition coefficient (Wildman–Crippen LogP) is 1.85. The molecule has 0 fully saturated rings. The topological polar surface area (TPSA) is 53.2 Å². The van der Waals surface area contributed by atoms with E-state index in [0.29, 0.717) is 16.5 Å². The average molecular weight is 293 g/mol. The third-order valence-corrected chi connectivity index (χ3v) is 3.02. The van der Waals surface area contributed by atoms with Crippen molar-refractivity contribution in [3.05, 3.63) is 69.0 Å². The zero-order valence-electron chi connectivity index (χ0n) is 10.9. The highest BCUT2D eigenvalue weighted by atomic mass is 35.5. The maximum atomic E-state index is 12.1. The minimum absolute atomic E-state index is 0.279. The van der Waals surface area contributed by atoms with Crippen LogP contribution < -0.4 is 15.9 Å². The highest BCUT2D eigenvalue weighted by Gasteiger charge is 2.11. The molecule has 104 valence electrons. The first-order valence-corrected chi connectivity index (χ1v) is 6.23. The fraction of sp³-hybridized carbons (Fsp3) is 0.143. The lowest BCUT2D eigenvalue weighted by molar-refractivity contribution is 0.412. The Kier molecular flexibility index (Phi) is 4.10. The molecule has 0 amide bonds. The monoisotopic (exact) mass is 292 g/mol. The van der Waals surface area contributed by atoms with Crippen LogP contribution >= 0.6 is 11.6 Å². The van der Waals surface area contributed by atoms with Gasteiger partial charge in [-0.1, -0.05) is 17.7 Å². The Labute approximate surface area is 120 Å². The molecule has 0 N–H and O–H groups in total. The van der Waals surface area contributed by atoms with Crippen LogP contribution in [0.25, 0.3) is 5.69 Å². The van der Waals surface area contributed by atoms with Gasteiger partial charge in [0.15, 0.2) is 0 Å². The summed E-state index contributed by atoms with van der Waals surface area (Å²) in [6.07, 6.45) is 4.57. The van der Waals surface area contributed by atoms with Gasteiger partial charge in [0, 0.05) is 24.0 Å². The van der Waals surface area contributed by atoms with Crippen LogP contribution in [-0.2, 0) is 6.54 Å². The molecule has 0 aliphatic carbocycles. The number of halogens is 1. The summed E-state index contributed by atoms with van der Waals surface area (Å²) >= 11 is 5.93. The largest absolute Gasteiger partial charge is 0.495 e. The Balaban J connectivity index is 2.68. The van der Waals surface area contributed by atoms with Crippen molar-refractivity contribution in [2.75, 3.05) is 7.11 Å². The van der Waals surface area contributed by atoms with Crippen molar-refractivity contribution in [3.8, 4) is 11.4 Å². The second-order valence-electron chi connectivity index (χ2n) is 4.04. The Morgan fingerprint density at radius 1 is 1.30 bits per heavy atom. The van der Waals surface area contributed by atoms with Gasteiger partial charge in [0.1, 0.15) is 5.75 Å². The van der Waals surface area contributed by atoms with Gasteiger partial charge in [0.2, 0.25) is 0 Å². The van der Waals surface area contributed by atoms with Crippen LogP contribution in [0.1, 0.15) is 0 Å². The highest BCUT2D eigenvalue weighted by molar-refractivity contribution is 6.30. The molecule has 0 atom stereocenters. The second kappa shape index (κ2) is 5.79. The van der Waals surface area contributed by atoms with E-state index in [1.54, 1.807) is 24.3 Å². The minimum atomic E-state index is -0.671. The van der Waals surface area contributed by atoms with Crippen molar-refractivity contribution >= 4 is 11.6 Å². The molecule has 6 heteroatoms. The van der Waals surface area contributed by atoms with E-state index >= 15 is 0 Å². The van der Waals surface area contributed by atoms with Crippen LogP contribution in [0, 0.1) is 0 Å². The Morgan fingerprint density at radius 3 is 2.70 bits per heavy atom. The fourth-order valence-corrected chi connectivity index (χ4v) is 2.00. The summed E-state index contributed by atoms with van der Waals surface area (Å²) in [6, 6.07) is 4.85. The van der Waals surface area contributed by atoms with Crippen LogP contribution in [0.4, 0.5) is 0 Å². The van der Waals surface area contributed by atoms with Gasteiger partial charge in [-0.25, -0.2) is 0 Å². The molecule has 0 saturated carbocycles. The molecule has 0 radical (unpaired) electrons. The van der Waals surface area contributed by atoms with Crippen molar-refractivity contribution in [1.29, 1.82) is 0 Å². The summed E-state index contributed by atoms with van der Waals surface area (Å²) in [7, 11) is 1.48. The SMILES string of the molecule is C=CCn1ccn(-c2cc(Cl)ccc2OC)c(=O)c1=O. The van der Waals surface area contributed by atoms with Gasteiger partial charge in [-0.15, -0.1) is 6.58 Å². The molecule has 0 saturated heterocycles. The van der Waals surface area contributed by atoms with Gasteiger partial charge in [-0.2, -0.15) is 0 Å². The number of nitrogens with zero attached hydrogens (tertiary/aromatic N) is 2. The second-order valence-corrected chi connectivity index (χ2v) is 4.47. The van der Waals surface area contributed by atoms with E-state index in [1.807, 2.05) is 0 Å². The molecular formula is C14H13ClN2O3. The van der Waals surface area contributed by atoms with E-state index in [-0.39, 0.29) is 6.54 Å². The third kappa shape index (κ3) is 2.53. The predicted molar refractivity (Wildman–Crippen MR) is 78.1 cm³/mol. The Hall–Kier alpha value is -2.27. The van der Waals surface area contributed by atoms with E-state index in [4.69, 9.17) is 16.3 Å². The van der Waals surface area contributed by atoms with Crippen LogP contribution in [0.3, 0.4) is 0 Å². The summed E-state index contributed by atoms with van der Waals surface area (Å²) in [5, 5.41) is 0.447. The van der Waals surface area contributed by atoms with Gasteiger partial charge >= 0.3 is 11.1 Å². The smallest absolute Gasteiger partial charge is 0.321 e. The zero-order chi connectivity index (χ0) is 14.7. The number of hydrogen-bond donors (Lipinski definition) is 0. The van der Waals surface area contributed by atoms with Gasteiger partial charge in [-0.05, 0) is 18.2 Å². The van der Waals surface area contributed by atoms with Crippen molar-refractivity contribution < 1.29 is 4.74 Å². The molecule has 2 aromatic rings. The molecule has 1 aromatic carbocycles.